The third-order valence-corrected chi connectivity index (χ3v) is 3.53. The first-order valence-corrected chi connectivity index (χ1v) is 6.47. The number of hydrogen-bond acceptors (Lipinski definition) is 4. The minimum Gasteiger partial charge on any atom is -0.496 e. The molecule has 0 radical (unpaired) electrons. The first kappa shape index (κ1) is 12.9. The van der Waals surface area contributed by atoms with Crippen molar-refractivity contribution in [2.75, 3.05) is 7.11 Å². The van der Waals surface area contributed by atoms with E-state index < -0.39 is 6.10 Å². The van der Waals surface area contributed by atoms with Crippen LogP contribution in [0.1, 0.15) is 18.6 Å². The molecule has 1 aromatic carbocycles. The Labute approximate surface area is 111 Å². The van der Waals surface area contributed by atoms with Gasteiger partial charge in [-0.1, -0.05) is 30.0 Å². The average Bonchev–Trinajstić information content (AvgIpc) is 2.40. The highest BCUT2D eigenvalue weighted by molar-refractivity contribution is 7.99. The highest BCUT2D eigenvalue weighted by Gasteiger charge is 2.06. The van der Waals surface area contributed by atoms with E-state index in [0.29, 0.717) is 0 Å². The van der Waals surface area contributed by atoms with E-state index in [1.165, 1.54) is 0 Å². The zero-order chi connectivity index (χ0) is 13.0. The Bertz CT molecular complexity index is 511. The first-order valence-electron chi connectivity index (χ1n) is 5.65. The van der Waals surface area contributed by atoms with Crippen LogP contribution in [0.25, 0.3) is 0 Å². The lowest BCUT2D eigenvalue weighted by Gasteiger charge is -2.08. The average molecular weight is 261 g/mol. The van der Waals surface area contributed by atoms with Gasteiger partial charge in [-0.3, -0.25) is 0 Å². The van der Waals surface area contributed by atoms with E-state index in [1.807, 2.05) is 36.4 Å². The lowest BCUT2D eigenvalue weighted by Crippen LogP contribution is -1.92. The normalized spacial score (nSPS) is 12.2. The molecule has 1 aromatic heterocycles. The van der Waals surface area contributed by atoms with E-state index >= 15 is 0 Å². The lowest BCUT2D eigenvalue weighted by molar-refractivity contribution is 0.198. The number of hydrogen-bond donors (Lipinski definition) is 1. The van der Waals surface area contributed by atoms with E-state index in [4.69, 9.17) is 4.74 Å². The fraction of sp³-hybridized carbons (Fsp3) is 0.214. The van der Waals surface area contributed by atoms with E-state index in [1.54, 1.807) is 32.0 Å². The van der Waals surface area contributed by atoms with Crippen LogP contribution in [0.4, 0.5) is 0 Å². The molecule has 0 unspecified atom stereocenters. The van der Waals surface area contributed by atoms with Gasteiger partial charge in [-0.2, -0.15) is 0 Å². The molecule has 2 rings (SSSR count). The Morgan fingerprint density at radius 3 is 2.61 bits per heavy atom. The molecule has 3 nitrogen and oxygen atoms in total. The maximum Gasteiger partial charge on any atom is 0.132 e. The van der Waals surface area contributed by atoms with Gasteiger partial charge in [0.25, 0.3) is 0 Å². The molecule has 18 heavy (non-hydrogen) atoms. The van der Waals surface area contributed by atoms with Crippen LogP contribution in [0.15, 0.2) is 52.5 Å². The zero-order valence-electron chi connectivity index (χ0n) is 10.3. The predicted molar refractivity (Wildman–Crippen MR) is 72.0 cm³/mol. The van der Waals surface area contributed by atoms with Gasteiger partial charge < -0.3 is 9.84 Å². The van der Waals surface area contributed by atoms with Gasteiger partial charge in [-0.15, -0.1) is 0 Å². The fourth-order valence-corrected chi connectivity index (χ4v) is 2.38. The third kappa shape index (κ3) is 3.03. The first-order chi connectivity index (χ1) is 8.70. The maximum absolute atomic E-state index is 9.42. The molecule has 0 spiro atoms. The predicted octanol–water partition coefficient (Wildman–Crippen LogP) is 3.29. The van der Waals surface area contributed by atoms with Crippen LogP contribution >= 0.6 is 11.8 Å². The van der Waals surface area contributed by atoms with Crippen molar-refractivity contribution in [1.82, 2.24) is 4.98 Å². The number of aromatic nitrogens is 1. The monoisotopic (exact) mass is 261 g/mol. The Hall–Kier alpha value is -1.52. The molecule has 0 saturated carbocycles. The summed E-state index contributed by atoms with van der Waals surface area (Å²) in [6.45, 7) is 1.73. The number of methoxy groups -OCH3 is 1. The van der Waals surface area contributed by atoms with Gasteiger partial charge in [0.05, 0.1) is 18.1 Å². The quantitative estimate of drug-likeness (QED) is 0.917. The fourth-order valence-electron chi connectivity index (χ4n) is 1.52. The molecule has 0 aliphatic heterocycles. The molecule has 4 heteroatoms. The smallest absolute Gasteiger partial charge is 0.132 e. The second-order valence-electron chi connectivity index (χ2n) is 3.86. The summed E-state index contributed by atoms with van der Waals surface area (Å²) in [5.41, 5.74) is 0.819. The topological polar surface area (TPSA) is 42.4 Å². The molecule has 94 valence electrons. The van der Waals surface area contributed by atoms with Crippen LogP contribution in [0.3, 0.4) is 0 Å². The van der Waals surface area contributed by atoms with E-state index in [-0.39, 0.29) is 0 Å². The van der Waals surface area contributed by atoms with Crippen molar-refractivity contribution in [3.63, 3.8) is 0 Å². The van der Waals surface area contributed by atoms with Crippen molar-refractivity contribution in [3.8, 4) is 5.75 Å². The van der Waals surface area contributed by atoms with Gasteiger partial charge in [0, 0.05) is 6.20 Å². The molecular weight excluding hydrogens is 246 g/mol. The van der Waals surface area contributed by atoms with E-state index in [0.717, 1.165) is 21.2 Å². The molecule has 0 bridgehead atoms. The lowest BCUT2D eigenvalue weighted by atomic mass is 10.2. The summed E-state index contributed by atoms with van der Waals surface area (Å²) in [5, 5.41) is 10.3. The number of pyridine rings is 1. The van der Waals surface area contributed by atoms with Crippen LogP contribution in [-0.4, -0.2) is 17.2 Å². The van der Waals surface area contributed by atoms with Gasteiger partial charge >= 0.3 is 0 Å². The van der Waals surface area contributed by atoms with Crippen molar-refractivity contribution in [1.29, 1.82) is 0 Å². The molecule has 0 aliphatic carbocycles. The molecule has 1 heterocycles. The summed E-state index contributed by atoms with van der Waals surface area (Å²) in [7, 11) is 1.66. The minimum atomic E-state index is -0.484. The Morgan fingerprint density at radius 1 is 1.22 bits per heavy atom. The van der Waals surface area contributed by atoms with Crippen LogP contribution < -0.4 is 4.74 Å². The van der Waals surface area contributed by atoms with Gasteiger partial charge in [0.2, 0.25) is 0 Å². The number of nitrogens with zero attached hydrogens (tertiary/aromatic N) is 1. The molecule has 0 amide bonds. The van der Waals surface area contributed by atoms with E-state index in [9.17, 15) is 5.11 Å². The van der Waals surface area contributed by atoms with Crippen LogP contribution in [0.2, 0.25) is 0 Å². The highest BCUT2D eigenvalue weighted by atomic mass is 32.2. The summed E-state index contributed by atoms with van der Waals surface area (Å²) in [6, 6.07) is 11.6. The summed E-state index contributed by atoms with van der Waals surface area (Å²) in [6.07, 6.45) is 1.21. The highest BCUT2D eigenvalue weighted by Crippen LogP contribution is 2.33. The van der Waals surface area contributed by atoms with Crippen LogP contribution in [0, 0.1) is 0 Å². The summed E-state index contributed by atoms with van der Waals surface area (Å²) in [5.74, 6) is 0.837. The maximum atomic E-state index is 9.42. The molecule has 0 aliphatic rings. The van der Waals surface area contributed by atoms with Gasteiger partial charge in [0.15, 0.2) is 0 Å². The van der Waals surface area contributed by atoms with Crippen LogP contribution in [-0.2, 0) is 0 Å². The van der Waals surface area contributed by atoms with E-state index in [2.05, 4.69) is 4.98 Å². The molecule has 1 atom stereocenters. The summed E-state index contributed by atoms with van der Waals surface area (Å²) < 4.78 is 5.29. The number of benzene rings is 1. The molecule has 2 aromatic rings. The van der Waals surface area contributed by atoms with Gasteiger partial charge in [-0.25, -0.2) is 4.98 Å². The second kappa shape index (κ2) is 5.89. The molecular formula is C14H15NO2S. The molecule has 0 fully saturated rings. The van der Waals surface area contributed by atoms with Gasteiger partial charge in [0.1, 0.15) is 10.8 Å². The van der Waals surface area contributed by atoms with Crippen molar-refractivity contribution >= 4 is 11.8 Å². The van der Waals surface area contributed by atoms with Gasteiger partial charge in [-0.05, 0) is 30.7 Å². The van der Waals surface area contributed by atoms with Crippen molar-refractivity contribution in [2.24, 2.45) is 0 Å². The third-order valence-electron chi connectivity index (χ3n) is 2.53. The number of rotatable bonds is 4. The zero-order valence-corrected chi connectivity index (χ0v) is 11.1. The number of aliphatic hydroxyl groups excluding tert-OH is 1. The number of ether oxygens (including phenoxy) is 1. The van der Waals surface area contributed by atoms with Crippen molar-refractivity contribution in [3.05, 3.63) is 48.2 Å². The van der Waals surface area contributed by atoms with Crippen LogP contribution in [0.5, 0.6) is 5.75 Å². The number of para-hydroxylation sites is 1. The van der Waals surface area contributed by atoms with Crippen molar-refractivity contribution in [2.45, 2.75) is 22.9 Å². The standard InChI is InChI=1S/C14H15NO2S/c1-10(16)11-7-8-14(15-9-11)18-13-6-4-3-5-12(13)17-2/h3-10,16H,1-2H3/t10-/m1/s1. The Balaban J connectivity index is 2.18. The SMILES string of the molecule is COc1ccccc1Sc1ccc([C@@H](C)O)cn1. The molecule has 1 N–H and O–H groups in total. The Morgan fingerprint density at radius 2 is 2.00 bits per heavy atom. The van der Waals surface area contributed by atoms with Crippen molar-refractivity contribution < 1.29 is 9.84 Å². The molecule has 0 saturated heterocycles. The summed E-state index contributed by atoms with van der Waals surface area (Å²) >= 11 is 1.54. The minimum absolute atomic E-state index is 0.484. The largest absolute Gasteiger partial charge is 0.496 e. The second-order valence-corrected chi connectivity index (χ2v) is 4.92. The number of aliphatic hydroxyl groups is 1. The Kier molecular flexibility index (Phi) is 4.23. The summed E-state index contributed by atoms with van der Waals surface area (Å²) in [4.78, 5) is 5.34.